The van der Waals surface area contributed by atoms with E-state index >= 15 is 0 Å². The van der Waals surface area contributed by atoms with Crippen molar-refractivity contribution < 1.29 is 0 Å². The number of nitrogens with zero attached hydrogens (tertiary/aromatic N) is 1. The Balaban J connectivity index is 1.80. The van der Waals surface area contributed by atoms with Crippen molar-refractivity contribution in [2.75, 3.05) is 18.4 Å². The molecule has 1 fully saturated rings. The van der Waals surface area contributed by atoms with Crippen LogP contribution in [-0.4, -0.2) is 24.0 Å². The Labute approximate surface area is 110 Å². The van der Waals surface area contributed by atoms with E-state index in [0.29, 0.717) is 0 Å². The summed E-state index contributed by atoms with van der Waals surface area (Å²) in [5.41, 5.74) is 4.40. The zero-order valence-corrected chi connectivity index (χ0v) is 11.0. The first-order valence-electron chi connectivity index (χ1n) is 7.08. The van der Waals surface area contributed by atoms with Gasteiger partial charge in [-0.3, -0.25) is 4.90 Å². The second kappa shape index (κ2) is 5.15. The first-order valence-corrected chi connectivity index (χ1v) is 7.08. The molecule has 0 radical (unpaired) electrons. The van der Waals surface area contributed by atoms with E-state index in [2.05, 4.69) is 35.0 Å². The van der Waals surface area contributed by atoms with Gasteiger partial charge in [0.15, 0.2) is 0 Å². The van der Waals surface area contributed by atoms with Gasteiger partial charge in [-0.15, -0.1) is 6.58 Å². The van der Waals surface area contributed by atoms with Gasteiger partial charge < -0.3 is 5.32 Å². The molecule has 1 heterocycles. The highest BCUT2D eigenvalue weighted by Gasteiger charge is 2.28. The maximum Gasteiger partial charge on any atom is 0.0375 e. The monoisotopic (exact) mass is 242 g/mol. The summed E-state index contributed by atoms with van der Waals surface area (Å²) >= 11 is 0. The van der Waals surface area contributed by atoms with E-state index in [1.165, 1.54) is 36.9 Å². The molecule has 18 heavy (non-hydrogen) atoms. The highest BCUT2D eigenvalue weighted by molar-refractivity contribution is 5.56. The van der Waals surface area contributed by atoms with E-state index < -0.39 is 0 Å². The van der Waals surface area contributed by atoms with Crippen molar-refractivity contribution in [2.45, 2.75) is 38.3 Å². The summed E-state index contributed by atoms with van der Waals surface area (Å²) in [7, 11) is 0. The smallest absolute Gasteiger partial charge is 0.0375 e. The summed E-state index contributed by atoms with van der Waals surface area (Å²) in [5.74, 6) is 0. The standard InChI is InChI=1S/C16H22N2/c1-2-11-18(14-8-9-14)12-13-5-3-7-16-15(13)6-4-10-17-16/h2-3,5,7,14,17H,1,4,6,8-12H2. The largest absolute Gasteiger partial charge is 0.385 e. The predicted molar refractivity (Wildman–Crippen MR) is 76.9 cm³/mol. The molecule has 1 aromatic carbocycles. The van der Waals surface area contributed by atoms with Gasteiger partial charge in [0.1, 0.15) is 0 Å². The molecule has 0 amide bonds. The Morgan fingerprint density at radius 1 is 1.39 bits per heavy atom. The molecule has 0 atom stereocenters. The van der Waals surface area contributed by atoms with Crippen molar-refractivity contribution >= 4 is 5.69 Å². The van der Waals surface area contributed by atoms with Crippen LogP contribution in [0.1, 0.15) is 30.4 Å². The quantitative estimate of drug-likeness (QED) is 0.798. The first kappa shape index (κ1) is 11.8. The molecule has 0 spiro atoms. The number of hydrogen-bond donors (Lipinski definition) is 1. The Morgan fingerprint density at radius 2 is 2.28 bits per heavy atom. The SMILES string of the molecule is C=CCN(Cc1cccc2c1CCCN2)C1CC1. The third-order valence-corrected chi connectivity index (χ3v) is 3.99. The second-order valence-electron chi connectivity index (χ2n) is 5.42. The van der Waals surface area contributed by atoms with Crippen molar-refractivity contribution in [1.29, 1.82) is 0 Å². The van der Waals surface area contributed by atoms with Gasteiger partial charge in [-0.25, -0.2) is 0 Å². The topological polar surface area (TPSA) is 15.3 Å². The van der Waals surface area contributed by atoms with Gasteiger partial charge in [-0.2, -0.15) is 0 Å². The molecule has 3 rings (SSSR count). The van der Waals surface area contributed by atoms with E-state index in [-0.39, 0.29) is 0 Å². The summed E-state index contributed by atoms with van der Waals surface area (Å²) in [6.45, 7) is 7.11. The van der Waals surface area contributed by atoms with Gasteiger partial charge in [0.25, 0.3) is 0 Å². The first-order chi connectivity index (χ1) is 8.88. The van der Waals surface area contributed by atoms with Crippen LogP contribution in [0.2, 0.25) is 0 Å². The molecule has 1 aliphatic carbocycles. The lowest BCUT2D eigenvalue weighted by molar-refractivity contribution is 0.283. The van der Waals surface area contributed by atoms with Crippen LogP contribution in [0, 0.1) is 0 Å². The Bertz CT molecular complexity index is 435. The van der Waals surface area contributed by atoms with Crippen LogP contribution in [0.5, 0.6) is 0 Å². The Morgan fingerprint density at radius 3 is 3.06 bits per heavy atom. The number of fused-ring (bicyclic) bond motifs is 1. The molecule has 0 unspecified atom stereocenters. The molecule has 1 aliphatic heterocycles. The number of nitrogens with one attached hydrogen (secondary N) is 1. The van der Waals surface area contributed by atoms with Gasteiger partial charge in [-0.05, 0) is 42.9 Å². The van der Waals surface area contributed by atoms with E-state index in [9.17, 15) is 0 Å². The van der Waals surface area contributed by atoms with Crippen molar-refractivity contribution in [3.8, 4) is 0 Å². The van der Waals surface area contributed by atoms with E-state index in [1.54, 1.807) is 5.56 Å². The maximum absolute atomic E-state index is 3.89. The lowest BCUT2D eigenvalue weighted by Gasteiger charge is -2.25. The zero-order chi connectivity index (χ0) is 12.4. The molecular weight excluding hydrogens is 220 g/mol. The lowest BCUT2D eigenvalue weighted by Crippen LogP contribution is -2.26. The minimum atomic E-state index is 0.801. The van der Waals surface area contributed by atoms with Crippen molar-refractivity contribution in [2.24, 2.45) is 0 Å². The van der Waals surface area contributed by atoms with Crippen LogP contribution in [-0.2, 0) is 13.0 Å². The van der Waals surface area contributed by atoms with Gasteiger partial charge >= 0.3 is 0 Å². The Kier molecular flexibility index (Phi) is 3.37. The molecule has 2 nitrogen and oxygen atoms in total. The van der Waals surface area contributed by atoms with E-state index in [4.69, 9.17) is 0 Å². The van der Waals surface area contributed by atoms with Crippen LogP contribution < -0.4 is 5.32 Å². The van der Waals surface area contributed by atoms with Crippen molar-refractivity contribution in [3.63, 3.8) is 0 Å². The molecule has 0 bridgehead atoms. The summed E-state index contributed by atoms with van der Waals surface area (Å²) in [6, 6.07) is 7.50. The van der Waals surface area contributed by atoms with Crippen molar-refractivity contribution in [1.82, 2.24) is 4.90 Å². The van der Waals surface area contributed by atoms with Gasteiger partial charge in [0.2, 0.25) is 0 Å². The summed E-state index contributed by atoms with van der Waals surface area (Å²) in [4.78, 5) is 2.57. The maximum atomic E-state index is 3.89. The number of anilines is 1. The lowest BCUT2D eigenvalue weighted by atomic mass is 9.97. The molecule has 2 heteroatoms. The molecule has 1 saturated carbocycles. The van der Waals surface area contributed by atoms with Gasteiger partial charge in [-0.1, -0.05) is 18.2 Å². The average molecular weight is 242 g/mol. The molecule has 1 N–H and O–H groups in total. The van der Waals surface area contributed by atoms with Crippen molar-refractivity contribution in [3.05, 3.63) is 42.0 Å². The summed E-state index contributed by atoms with van der Waals surface area (Å²) in [6.07, 6.45) is 7.24. The third kappa shape index (κ3) is 2.44. The summed E-state index contributed by atoms with van der Waals surface area (Å²) < 4.78 is 0. The zero-order valence-electron chi connectivity index (χ0n) is 11.0. The van der Waals surface area contributed by atoms with Crippen LogP contribution >= 0.6 is 0 Å². The van der Waals surface area contributed by atoms with Crippen LogP contribution in [0.3, 0.4) is 0 Å². The highest BCUT2D eigenvalue weighted by atomic mass is 15.2. The number of benzene rings is 1. The number of rotatable bonds is 5. The fourth-order valence-corrected chi connectivity index (χ4v) is 2.90. The van der Waals surface area contributed by atoms with Crippen LogP contribution in [0.15, 0.2) is 30.9 Å². The molecule has 0 saturated heterocycles. The minimum absolute atomic E-state index is 0.801. The van der Waals surface area contributed by atoms with Gasteiger partial charge in [0.05, 0.1) is 0 Å². The van der Waals surface area contributed by atoms with E-state index in [0.717, 1.165) is 25.7 Å². The van der Waals surface area contributed by atoms with Crippen LogP contribution in [0.25, 0.3) is 0 Å². The normalized spacial score (nSPS) is 18.3. The van der Waals surface area contributed by atoms with Crippen LogP contribution in [0.4, 0.5) is 5.69 Å². The highest BCUT2D eigenvalue weighted by Crippen LogP contribution is 2.31. The average Bonchev–Trinajstić information content (AvgIpc) is 3.23. The Hall–Kier alpha value is -1.28. The third-order valence-electron chi connectivity index (χ3n) is 3.99. The fourth-order valence-electron chi connectivity index (χ4n) is 2.90. The fraction of sp³-hybridized carbons (Fsp3) is 0.500. The predicted octanol–water partition coefficient (Wildman–Crippen LogP) is 3.20. The van der Waals surface area contributed by atoms with Gasteiger partial charge in [0, 0.05) is 31.4 Å². The molecule has 96 valence electrons. The number of hydrogen-bond acceptors (Lipinski definition) is 2. The second-order valence-corrected chi connectivity index (χ2v) is 5.42. The molecule has 0 aromatic heterocycles. The minimum Gasteiger partial charge on any atom is -0.385 e. The molecular formula is C16H22N2. The molecule has 2 aliphatic rings. The molecule has 1 aromatic rings. The summed E-state index contributed by atoms with van der Waals surface area (Å²) in [5, 5.41) is 3.51. The van der Waals surface area contributed by atoms with E-state index in [1.807, 2.05) is 6.08 Å².